The van der Waals surface area contributed by atoms with Crippen LogP contribution in [-0.4, -0.2) is 26.2 Å². The molecule has 6 nitrogen and oxygen atoms in total. The molecule has 76 valence electrons. The third kappa shape index (κ3) is 1.48. The largest absolute Gasteiger partial charge is 0.434 e. The zero-order chi connectivity index (χ0) is 10.3. The minimum Gasteiger partial charge on any atom is -0.390 e. The lowest BCUT2D eigenvalue weighted by molar-refractivity contribution is -0.396. The van der Waals surface area contributed by atoms with Crippen molar-refractivity contribution in [2.45, 2.75) is 32.1 Å². The Balaban J connectivity index is 2.10. The van der Waals surface area contributed by atoms with Crippen LogP contribution < -0.4 is 0 Å². The number of epoxide rings is 1. The van der Waals surface area contributed by atoms with Crippen molar-refractivity contribution < 1.29 is 9.66 Å². The van der Waals surface area contributed by atoms with E-state index >= 15 is 0 Å². The van der Waals surface area contributed by atoms with Gasteiger partial charge in [-0.3, -0.25) is 0 Å². The smallest absolute Gasteiger partial charge is 0.390 e. The second kappa shape index (κ2) is 2.78. The van der Waals surface area contributed by atoms with Gasteiger partial charge in [-0.05, 0) is 18.8 Å². The van der Waals surface area contributed by atoms with Crippen molar-refractivity contribution >= 4 is 5.95 Å². The van der Waals surface area contributed by atoms with Gasteiger partial charge in [0.05, 0.1) is 5.60 Å². The van der Waals surface area contributed by atoms with Crippen LogP contribution in [0.5, 0.6) is 0 Å². The molecule has 0 aliphatic carbocycles. The van der Waals surface area contributed by atoms with Crippen LogP contribution in [0.15, 0.2) is 12.4 Å². The maximum absolute atomic E-state index is 10.5. The lowest BCUT2D eigenvalue weighted by Gasteiger charge is -1.99. The SMILES string of the molecule is CC1(C)OC1Cn1ccnc1[N+](=O)[O-]. The van der Waals surface area contributed by atoms with E-state index in [1.165, 1.54) is 10.8 Å². The summed E-state index contributed by atoms with van der Waals surface area (Å²) in [7, 11) is 0. The van der Waals surface area contributed by atoms with E-state index in [4.69, 9.17) is 4.74 Å². The highest BCUT2D eigenvalue weighted by Crippen LogP contribution is 2.36. The predicted octanol–water partition coefficient (Wildman–Crippen LogP) is 0.969. The molecule has 1 saturated heterocycles. The molecule has 0 spiro atoms. The molecule has 0 saturated carbocycles. The van der Waals surface area contributed by atoms with E-state index in [1.54, 1.807) is 6.20 Å². The van der Waals surface area contributed by atoms with E-state index in [0.717, 1.165) is 0 Å². The Morgan fingerprint density at radius 1 is 1.79 bits per heavy atom. The van der Waals surface area contributed by atoms with Crippen LogP contribution in [0, 0.1) is 10.1 Å². The molecule has 1 unspecified atom stereocenters. The summed E-state index contributed by atoms with van der Waals surface area (Å²) in [6.45, 7) is 4.41. The number of imidazole rings is 1. The predicted molar refractivity (Wildman–Crippen MR) is 47.8 cm³/mol. The Hall–Kier alpha value is -1.43. The average molecular weight is 197 g/mol. The second-order valence-corrected chi connectivity index (χ2v) is 3.85. The lowest BCUT2D eigenvalue weighted by Crippen LogP contribution is -2.12. The first-order chi connectivity index (χ1) is 6.50. The van der Waals surface area contributed by atoms with Gasteiger partial charge < -0.3 is 14.9 Å². The molecule has 0 N–H and O–H groups in total. The van der Waals surface area contributed by atoms with Gasteiger partial charge in [-0.25, -0.2) is 4.57 Å². The molecule has 1 aliphatic rings. The van der Waals surface area contributed by atoms with Crippen molar-refractivity contribution in [3.63, 3.8) is 0 Å². The van der Waals surface area contributed by atoms with Gasteiger partial charge in [0.2, 0.25) is 0 Å². The van der Waals surface area contributed by atoms with Crippen LogP contribution in [0.4, 0.5) is 5.95 Å². The highest BCUT2D eigenvalue weighted by atomic mass is 16.6. The maximum Gasteiger partial charge on any atom is 0.434 e. The molecular weight excluding hydrogens is 186 g/mol. The summed E-state index contributed by atoms with van der Waals surface area (Å²) in [4.78, 5) is 13.7. The molecule has 1 fully saturated rings. The molecule has 0 radical (unpaired) electrons. The van der Waals surface area contributed by atoms with Crippen molar-refractivity contribution in [2.75, 3.05) is 0 Å². The van der Waals surface area contributed by atoms with Gasteiger partial charge in [0.25, 0.3) is 0 Å². The summed E-state index contributed by atoms with van der Waals surface area (Å²) >= 11 is 0. The lowest BCUT2D eigenvalue weighted by atomic mass is 10.1. The zero-order valence-electron chi connectivity index (χ0n) is 8.01. The Labute approximate surface area is 80.7 Å². The molecule has 0 aromatic carbocycles. The topological polar surface area (TPSA) is 73.5 Å². The van der Waals surface area contributed by atoms with Crippen molar-refractivity contribution in [1.82, 2.24) is 9.55 Å². The van der Waals surface area contributed by atoms with Crippen LogP contribution in [0.25, 0.3) is 0 Å². The molecule has 6 heteroatoms. The van der Waals surface area contributed by atoms with Crippen molar-refractivity contribution in [3.05, 3.63) is 22.5 Å². The Morgan fingerprint density at radius 3 is 2.93 bits per heavy atom. The average Bonchev–Trinajstić information content (AvgIpc) is 2.52. The van der Waals surface area contributed by atoms with E-state index in [9.17, 15) is 10.1 Å². The number of nitrogens with zero attached hydrogens (tertiary/aromatic N) is 3. The molecule has 14 heavy (non-hydrogen) atoms. The number of hydrogen-bond donors (Lipinski definition) is 0. The molecule has 1 atom stereocenters. The fourth-order valence-electron chi connectivity index (χ4n) is 1.38. The number of hydrogen-bond acceptors (Lipinski definition) is 4. The normalized spacial score (nSPS) is 23.4. The van der Waals surface area contributed by atoms with Gasteiger partial charge >= 0.3 is 5.95 Å². The van der Waals surface area contributed by atoms with Crippen LogP contribution in [-0.2, 0) is 11.3 Å². The summed E-state index contributed by atoms with van der Waals surface area (Å²) in [5.74, 6) is -0.128. The van der Waals surface area contributed by atoms with Gasteiger partial charge in [-0.2, -0.15) is 0 Å². The number of nitro groups is 1. The van der Waals surface area contributed by atoms with E-state index in [-0.39, 0.29) is 17.7 Å². The van der Waals surface area contributed by atoms with Crippen LogP contribution >= 0.6 is 0 Å². The van der Waals surface area contributed by atoms with Gasteiger partial charge in [0, 0.05) is 0 Å². The van der Waals surface area contributed by atoms with Crippen LogP contribution in [0.1, 0.15) is 13.8 Å². The summed E-state index contributed by atoms with van der Waals surface area (Å²) in [6.07, 6.45) is 3.07. The second-order valence-electron chi connectivity index (χ2n) is 3.85. The summed E-state index contributed by atoms with van der Waals surface area (Å²) in [6, 6.07) is 0. The van der Waals surface area contributed by atoms with Crippen molar-refractivity contribution in [3.8, 4) is 0 Å². The standard InChI is InChI=1S/C8H11N3O3/c1-8(2)6(14-8)5-10-4-3-9-7(10)11(12)13/h3-4,6H,5H2,1-2H3. The van der Waals surface area contributed by atoms with Gasteiger partial charge in [0.1, 0.15) is 25.0 Å². The van der Waals surface area contributed by atoms with E-state index in [0.29, 0.717) is 6.54 Å². The first-order valence-electron chi connectivity index (χ1n) is 4.34. The first kappa shape index (κ1) is 9.14. The molecular formula is C8H11N3O3. The van der Waals surface area contributed by atoms with E-state index < -0.39 is 4.92 Å². The number of rotatable bonds is 3. The monoisotopic (exact) mass is 197 g/mol. The highest BCUT2D eigenvalue weighted by molar-refractivity contribution is 5.08. The molecule has 1 aromatic rings. The van der Waals surface area contributed by atoms with Crippen molar-refractivity contribution in [2.24, 2.45) is 0 Å². The highest BCUT2D eigenvalue weighted by Gasteiger charge is 2.49. The molecule has 1 aliphatic heterocycles. The third-order valence-corrected chi connectivity index (χ3v) is 2.38. The van der Waals surface area contributed by atoms with Gasteiger partial charge in [0.15, 0.2) is 0 Å². The van der Waals surface area contributed by atoms with E-state index in [1.807, 2.05) is 13.8 Å². The van der Waals surface area contributed by atoms with Crippen LogP contribution in [0.2, 0.25) is 0 Å². The molecule has 0 amide bonds. The molecule has 2 heterocycles. The van der Waals surface area contributed by atoms with Gasteiger partial charge in [-0.15, -0.1) is 0 Å². The third-order valence-electron chi connectivity index (χ3n) is 2.38. The van der Waals surface area contributed by atoms with Crippen LogP contribution in [0.3, 0.4) is 0 Å². The fraction of sp³-hybridized carbons (Fsp3) is 0.625. The number of aromatic nitrogens is 2. The Bertz CT molecular complexity index is 372. The minimum absolute atomic E-state index is 0.0513. The maximum atomic E-state index is 10.5. The quantitative estimate of drug-likeness (QED) is 0.411. The molecule has 2 rings (SSSR count). The fourth-order valence-corrected chi connectivity index (χ4v) is 1.38. The Kier molecular flexibility index (Phi) is 1.81. The summed E-state index contributed by atoms with van der Waals surface area (Å²) in [5, 5.41) is 10.5. The van der Waals surface area contributed by atoms with Crippen molar-refractivity contribution in [1.29, 1.82) is 0 Å². The van der Waals surface area contributed by atoms with E-state index in [2.05, 4.69) is 4.98 Å². The minimum atomic E-state index is -0.491. The zero-order valence-corrected chi connectivity index (χ0v) is 8.01. The van der Waals surface area contributed by atoms with Gasteiger partial charge in [-0.1, -0.05) is 4.98 Å². The molecule has 1 aromatic heterocycles. The summed E-state index contributed by atoms with van der Waals surface area (Å²) < 4.78 is 6.84. The number of ether oxygens (including phenoxy) is 1. The first-order valence-corrected chi connectivity index (χ1v) is 4.34. The summed E-state index contributed by atoms with van der Waals surface area (Å²) in [5.41, 5.74) is -0.155. The Morgan fingerprint density at radius 2 is 2.43 bits per heavy atom. The molecule has 0 bridgehead atoms.